The number of aromatic amines is 1. The predicted octanol–water partition coefficient (Wildman–Crippen LogP) is 2.57. The summed E-state index contributed by atoms with van der Waals surface area (Å²) in [6, 6.07) is 5.68. The molecule has 2 N–H and O–H groups in total. The number of anilines is 1. The van der Waals surface area contributed by atoms with Gasteiger partial charge in [-0.05, 0) is 57.4 Å². The van der Waals surface area contributed by atoms with Gasteiger partial charge >= 0.3 is 6.03 Å². The van der Waals surface area contributed by atoms with Crippen LogP contribution in [0.5, 0.6) is 0 Å². The average molecular weight is 406 g/mol. The lowest BCUT2D eigenvalue weighted by Crippen LogP contribution is -2.39. The molecule has 1 aromatic carbocycles. The van der Waals surface area contributed by atoms with E-state index in [1.54, 1.807) is 18.7 Å². The van der Waals surface area contributed by atoms with Crippen molar-refractivity contribution in [1.29, 1.82) is 0 Å². The van der Waals surface area contributed by atoms with Crippen molar-refractivity contribution in [2.24, 2.45) is 0 Å². The molecule has 0 spiro atoms. The molecule has 28 heavy (non-hydrogen) atoms. The van der Waals surface area contributed by atoms with Crippen LogP contribution in [-0.4, -0.2) is 60.0 Å². The zero-order valence-electron chi connectivity index (χ0n) is 16.7. The first-order chi connectivity index (χ1) is 13.2. The number of carbonyl (C=O) groups is 1. The number of H-pyrrole nitrogens is 1. The summed E-state index contributed by atoms with van der Waals surface area (Å²) < 4.78 is 27.5. The third kappa shape index (κ3) is 4.20. The number of sulfonamides is 1. The second-order valence-electron chi connectivity index (χ2n) is 7.31. The molecule has 0 radical (unpaired) electrons. The van der Waals surface area contributed by atoms with Crippen molar-refractivity contribution < 1.29 is 13.2 Å². The lowest BCUT2D eigenvalue weighted by atomic mass is 10.1. The molecule has 1 fully saturated rings. The molecule has 0 unspecified atom stereocenters. The second-order valence-corrected chi connectivity index (χ2v) is 9.19. The largest absolute Gasteiger partial charge is 0.323 e. The van der Waals surface area contributed by atoms with E-state index in [1.807, 2.05) is 32.0 Å². The maximum absolute atomic E-state index is 13.0. The molecule has 0 atom stereocenters. The third-order valence-electron chi connectivity index (χ3n) is 4.87. The van der Waals surface area contributed by atoms with Gasteiger partial charge in [0.1, 0.15) is 4.90 Å². The molecule has 9 heteroatoms. The summed E-state index contributed by atoms with van der Waals surface area (Å²) in [5, 5.41) is 9.65. The molecule has 8 nitrogen and oxygen atoms in total. The van der Waals surface area contributed by atoms with Gasteiger partial charge in [-0.2, -0.15) is 9.40 Å². The monoisotopic (exact) mass is 405 g/mol. The second kappa shape index (κ2) is 7.92. The maximum atomic E-state index is 13.0. The molecule has 2 amide bonds. The van der Waals surface area contributed by atoms with Gasteiger partial charge in [-0.3, -0.25) is 5.10 Å². The Kier molecular flexibility index (Phi) is 5.76. The molecule has 152 valence electrons. The van der Waals surface area contributed by atoms with Crippen molar-refractivity contribution in [3.05, 3.63) is 40.7 Å². The van der Waals surface area contributed by atoms with E-state index in [0.29, 0.717) is 37.4 Å². The minimum absolute atomic E-state index is 0.208. The first-order valence-corrected chi connectivity index (χ1v) is 10.8. The normalized spacial score (nSPS) is 16.1. The van der Waals surface area contributed by atoms with Gasteiger partial charge in [-0.25, -0.2) is 13.2 Å². The smallest absolute Gasteiger partial charge is 0.321 e. The fraction of sp³-hybridized carbons (Fsp3) is 0.474. The van der Waals surface area contributed by atoms with Gasteiger partial charge in [0.25, 0.3) is 0 Å². The number of hydrogen-bond acceptors (Lipinski definition) is 4. The van der Waals surface area contributed by atoms with Gasteiger partial charge in [-0.1, -0.05) is 6.07 Å². The van der Waals surface area contributed by atoms with Crippen LogP contribution in [0.25, 0.3) is 0 Å². The fourth-order valence-corrected chi connectivity index (χ4v) is 5.44. The summed E-state index contributed by atoms with van der Waals surface area (Å²) in [5.41, 5.74) is 3.90. The molecule has 2 heterocycles. The summed E-state index contributed by atoms with van der Waals surface area (Å²) in [6.45, 7) is 8.82. The Morgan fingerprint density at radius 3 is 2.32 bits per heavy atom. The first-order valence-electron chi connectivity index (χ1n) is 9.34. The summed E-state index contributed by atoms with van der Waals surface area (Å²) in [4.78, 5) is 14.6. The number of rotatable bonds is 3. The quantitative estimate of drug-likeness (QED) is 0.820. The minimum Gasteiger partial charge on any atom is -0.323 e. The molecule has 1 aliphatic heterocycles. The number of nitrogens with one attached hydrogen (secondary N) is 2. The average Bonchev–Trinajstić information content (AvgIpc) is 2.81. The van der Waals surface area contributed by atoms with E-state index in [2.05, 4.69) is 15.5 Å². The molecule has 1 aromatic heterocycles. The molecule has 2 aromatic rings. The highest BCUT2D eigenvalue weighted by atomic mass is 32.2. The summed E-state index contributed by atoms with van der Waals surface area (Å²) >= 11 is 0. The van der Waals surface area contributed by atoms with Crippen LogP contribution in [0.2, 0.25) is 0 Å². The van der Waals surface area contributed by atoms with Crippen molar-refractivity contribution in [2.75, 3.05) is 31.5 Å². The van der Waals surface area contributed by atoms with Crippen LogP contribution in [-0.2, 0) is 10.0 Å². The van der Waals surface area contributed by atoms with Gasteiger partial charge in [-0.15, -0.1) is 0 Å². The lowest BCUT2D eigenvalue weighted by molar-refractivity contribution is 0.214. The highest BCUT2D eigenvalue weighted by Gasteiger charge is 2.31. The van der Waals surface area contributed by atoms with E-state index in [0.717, 1.165) is 16.8 Å². The SMILES string of the molecule is Cc1cc(C)cc(NC(=O)N2CCCN(S(=O)(=O)c3c(C)n[nH]c3C)CC2)c1. The summed E-state index contributed by atoms with van der Waals surface area (Å²) in [6.07, 6.45) is 0.579. The van der Waals surface area contributed by atoms with Crippen LogP contribution in [0.3, 0.4) is 0 Å². The number of carbonyl (C=O) groups excluding carboxylic acids is 1. The fourth-order valence-electron chi connectivity index (χ4n) is 3.64. The molecule has 1 aliphatic rings. The zero-order chi connectivity index (χ0) is 20.5. The first kappa shape index (κ1) is 20.3. The van der Waals surface area contributed by atoms with Crippen LogP contribution in [0.1, 0.15) is 28.9 Å². The number of urea groups is 1. The van der Waals surface area contributed by atoms with Crippen LogP contribution in [0, 0.1) is 27.7 Å². The van der Waals surface area contributed by atoms with E-state index in [9.17, 15) is 13.2 Å². The van der Waals surface area contributed by atoms with Crippen molar-refractivity contribution in [1.82, 2.24) is 19.4 Å². The number of nitrogens with zero attached hydrogens (tertiary/aromatic N) is 3. The van der Waals surface area contributed by atoms with Crippen LogP contribution in [0.4, 0.5) is 10.5 Å². The van der Waals surface area contributed by atoms with Gasteiger partial charge < -0.3 is 10.2 Å². The standard InChI is InChI=1S/C19H27N5O3S/c1-13-10-14(2)12-17(11-13)20-19(25)23-6-5-7-24(9-8-23)28(26,27)18-15(3)21-22-16(18)4/h10-12H,5-9H2,1-4H3,(H,20,25)(H,21,22). The van der Waals surface area contributed by atoms with E-state index in [4.69, 9.17) is 0 Å². The van der Waals surface area contributed by atoms with Gasteiger partial charge in [0.05, 0.1) is 11.4 Å². The van der Waals surface area contributed by atoms with Crippen LogP contribution in [0.15, 0.2) is 23.1 Å². The molecule has 0 aliphatic carbocycles. The van der Waals surface area contributed by atoms with Crippen molar-refractivity contribution >= 4 is 21.7 Å². The number of benzene rings is 1. The van der Waals surface area contributed by atoms with Crippen molar-refractivity contribution in [3.8, 4) is 0 Å². The van der Waals surface area contributed by atoms with Crippen LogP contribution < -0.4 is 5.32 Å². The van der Waals surface area contributed by atoms with Crippen molar-refractivity contribution in [3.63, 3.8) is 0 Å². The van der Waals surface area contributed by atoms with E-state index < -0.39 is 10.0 Å². The minimum atomic E-state index is -3.64. The highest BCUT2D eigenvalue weighted by molar-refractivity contribution is 7.89. The Morgan fingerprint density at radius 1 is 1.04 bits per heavy atom. The Morgan fingerprint density at radius 2 is 1.71 bits per heavy atom. The third-order valence-corrected chi connectivity index (χ3v) is 7.04. The number of amides is 2. The van der Waals surface area contributed by atoms with Crippen molar-refractivity contribution in [2.45, 2.75) is 39.0 Å². The molecular weight excluding hydrogens is 378 g/mol. The van der Waals surface area contributed by atoms with Gasteiger partial charge in [0.15, 0.2) is 0 Å². The number of hydrogen-bond donors (Lipinski definition) is 2. The molecular formula is C19H27N5O3S. The number of aromatic nitrogens is 2. The van der Waals surface area contributed by atoms with E-state index >= 15 is 0 Å². The summed E-state index contributed by atoms with van der Waals surface area (Å²) in [7, 11) is -3.64. The summed E-state index contributed by atoms with van der Waals surface area (Å²) in [5.74, 6) is 0. The molecule has 1 saturated heterocycles. The molecule has 0 saturated carbocycles. The maximum Gasteiger partial charge on any atom is 0.321 e. The molecule has 3 rings (SSSR count). The predicted molar refractivity (Wildman–Crippen MR) is 108 cm³/mol. The van der Waals surface area contributed by atoms with Gasteiger partial charge in [0, 0.05) is 31.9 Å². The van der Waals surface area contributed by atoms with Gasteiger partial charge in [0.2, 0.25) is 10.0 Å². The zero-order valence-corrected chi connectivity index (χ0v) is 17.6. The van der Waals surface area contributed by atoms with E-state index in [1.165, 1.54) is 4.31 Å². The Balaban J connectivity index is 1.70. The molecule has 0 bridgehead atoms. The Bertz CT molecular complexity index is 944. The van der Waals surface area contributed by atoms with E-state index in [-0.39, 0.29) is 17.5 Å². The Labute approximate surface area is 166 Å². The topological polar surface area (TPSA) is 98.4 Å². The lowest BCUT2D eigenvalue weighted by Gasteiger charge is -2.22. The van der Waals surface area contributed by atoms with Crippen LogP contribution >= 0.6 is 0 Å². The Hall–Kier alpha value is -2.39. The highest BCUT2D eigenvalue weighted by Crippen LogP contribution is 2.23. The number of aryl methyl sites for hydroxylation is 4.